The molecule has 100 valence electrons. The molecule has 0 heterocycles. The highest BCUT2D eigenvalue weighted by Gasteiger charge is 2.14. The van der Waals surface area contributed by atoms with E-state index >= 15 is 0 Å². The molecule has 1 rings (SSSR count). The van der Waals surface area contributed by atoms with Gasteiger partial charge in [0.05, 0.1) is 0 Å². The van der Waals surface area contributed by atoms with Gasteiger partial charge in [-0.1, -0.05) is 20.3 Å². The van der Waals surface area contributed by atoms with Crippen LogP contribution in [0.4, 0.5) is 4.39 Å². The second-order valence-corrected chi connectivity index (χ2v) is 5.08. The highest BCUT2D eigenvalue weighted by atomic mass is 19.1. The first-order valence-corrected chi connectivity index (χ1v) is 6.51. The smallest absolute Gasteiger partial charge is 0.251 e. The van der Waals surface area contributed by atoms with Crippen LogP contribution < -0.4 is 5.32 Å². The molecule has 1 aromatic carbocycles. The van der Waals surface area contributed by atoms with Crippen molar-refractivity contribution in [1.82, 2.24) is 5.32 Å². The second-order valence-electron chi connectivity index (χ2n) is 5.08. The Morgan fingerprint density at radius 1 is 1.39 bits per heavy atom. The minimum atomic E-state index is -0.309. The van der Waals surface area contributed by atoms with Crippen molar-refractivity contribution in [3.05, 3.63) is 35.1 Å². The molecule has 0 saturated heterocycles. The zero-order valence-corrected chi connectivity index (χ0v) is 11.6. The maximum atomic E-state index is 13.0. The molecule has 2 unspecified atom stereocenters. The number of hydrogen-bond donors (Lipinski definition) is 1. The lowest BCUT2D eigenvalue weighted by atomic mass is 10.00. The van der Waals surface area contributed by atoms with Crippen molar-refractivity contribution in [2.45, 2.75) is 46.6 Å². The average molecular weight is 251 g/mol. The lowest BCUT2D eigenvalue weighted by Crippen LogP contribution is -2.34. The number of amides is 1. The van der Waals surface area contributed by atoms with Crippen molar-refractivity contribution in [3.8, 4) is 0 Å². The van der Waals surface area contributed by atoms with E-state index in [1.165, 1.54) is 18.2 Å². The molecule has 0 aliphatic heterocycles. The number of hydrogen-bond acceptors (Lipinski definition) is 1. The molecule has 2 nitrogen and oxygen atoms in total. The second kappa shape index (κ2) is 6.53. The number of carbonyl (C=O) groups is 1. The Bertz CT molecular complexity index is 417. The van der Waals surface area contributed by atoms with Crippen LogP contribution in [0.1, 0.15) is 49.5 Å². The Labute approximate surface area is 109 Å². The third kappa shape index (κ3) is 4.13. The molecule has 0 spiro atoms. The van der Waals surface area contributed by atoms with E-state index in [-0.39, 0.29) is 17.8 Å². The van der Waals surface area contributed by atoms with E-state index in [4.69, 9.17) is 0 Å². The lowest BCUT2D eigenvalue weighted by molar-refractivity contribution is 0.0934. The zero-order chi connectivity index (χ0) is 13.7. The van der Waals surface area contributed by atoms with Crippen LogP contribution >= 0.6 is 0 Å². The highest BCUT2D eigenvalue weighted by Crippen LogP contribution is 2.13. The number of benzene rings is 1. The quantitative estimate of drug-likeness (QED) is 0.849. The summed E-state index contributed by atoms with van der Waals surface area (Å²) >= 11 is 0. The van der Waals surface area contributed by atoms with Gasteiger partial charge in [-0.25, -0.2) is 4.39 Å². The highest BCUT2D eigenvalue weighted by molar-refractivity contribution is 5.95. The third-order valence-corrected chi connectivity index (χ3v) is 3.26. The molecule has 1 aromatic rings. The van der Waals surface area contributed by atoms with Crippen LogP contribution in [0.15, 0.2) is 18.2 Å². The van der Waals surface area contributed by atoms with Gasteiger partial charge in [0.25, 0.3) is 5.91 Å². The summed E-state index contributed by atoms with van der Waals surface area (Å²) in [6.07, 6.45) is 2.07. The Balaban J connectivity index is 2.65. The summed E-state index contributed by atoms with van der Waals surface area (Å²) in [5.41, 5.74) is 1.22. The Hall–Kier alpha value is -1.38. The largest absolute Gasteiger partial charge is 0.350 e. The first-order chi connectivity index (χ1) is 8.43. The molecule has 0 fully saturated rings. The van der Waals surface area contributed by atoms with Crippen LogP contribution in [0.25, 0.3) is 0 Å². The molecule has 3 heteroatoms. The summed E-state index contributed by atoms with van der Waals surface area (Å²) in [7, 11) is 0. The van der Waals surface area contributed by atoms with Crippen LogP contribution in [-0.2, 0) is 0 Å². The summed E-state index contributed by atoms with van der Waals surface area (Å²) < 4.78 is 13.0. The Morgan fingerprint density at radius 3 is 2.61 bits per heavy atom. The van der Waals surface area contributed by atoms with E-state index in [2.05, 4.69) is 19.2 Å². The molecule has 1 N–H and O–H groups in total. The van der Waals surface area contributed by atoms with Gasteiger partial charge in [-0.05, 0) is 49.9 Å². The number of carbonyl (C=O) groups excluding carboxylic acids is 1. The first-order valence-electron chi connectivity index (χ1n) is 6.51. The SMILES string of the molecule is CCC(C)CC(C)NC(=O)c1ccc(F)cc1C. The number of rotatable bonds is 5. The summed E-state index contributed by atoms with van der Waals surface area (Å²) in [5, 5.41) is 2.96. The molecule has 1 amide bonds. The van der Waals surface area contributed by atoms with Gasteiger partial charge in [0.1, 0.15) is 5.82 Å². The number of halogens is 1. The molecule has 2 atom stereocenters. The predicted octanol–water partition coefficient (Wildman–Crippen LogP) is 3.69. The summed E-state index contributed by atoms with van der Waals surface area (Å²) in [6, 6.07) is 4.38. The summed E-state index contributed by atoms with van der Waals surface area (Å²) in [4.78, 5) is 12.0. The van der Waals surface area contributed by atoms with E-state index in [0.717, 1.165) is 12.8 Å². The zero-order valence-electron chi connectivity index (χ0n) is 11.6. The average Bonchev–Trinajstić information content (AvgIpc) is 2.28. The topological polar surface area (TPSA) is 29.1 Å². The minimum Gasteiger partial charge on any atom is -0.350 e. The molecule has 0 bridgehead atoms. The van der Waals surface area contributed by atoms with Crippen molar-refractivity contribution in [2.75, 3.05) is 0 Å². The summed E-state index contributed by atoms with van der Waals surface area (Å²) in [5.74, 6) is 0.162. The molecule has 18 heavy (non-hydrogen) atoms. The Kier molecular flexibility index (Phi) is 5.32. The normalized spacial score (nSPS) is 14.1. The van der Waals surface area contributed by atoms with Gasteiger partial charge in [0.15, 0.2) is 0 Å². The van der Waals surface area contributed by atoms with Gasteiger partial charge < -0.3 is 5.32 Å². The van der Waals surface area contributed by atoms with Crippen molar-refractivity contribution >= 4 is 5.91 Å². The van der Waals surface area contributed by atoms with Gasteiger partial charge >= 0.3 is 0 Å². The van der Waals surface area contributed by atoms with Gasteiger partial charge in [0.2, 0.25) is 0 Å². The maximum Gasteiger partial charge on any atom is 0.251 e. The van der Waals surface area contributed by atoms with Gasteiger partial charge in [-0.15, -0.1) is 0 Å². The fraction of sp³-hybridized carbons (Fsp3) is 0.533. The fourth-order valence-corrected chi connectivity index (χ4v) is 2.01. The van der Waals surface area contributed by atoms with Gasteiger partial charge in [0, 0.05) is 11.6 Å². The van der Waals surface area contributed by atoms with Crippen molar-refractivity contribution in [2.24, 2.45) is 5.92 Å². The van der Waals surface area contributed by atoms with Gasteiger partial charge in [-0.2, -0.15) is 0 Å². The molecule has 0 radical (unpaired) electrons. The van der Waals surface area contributed by atoms with E-state index < -0.39 is 0 Å². The Morgan fingerprint density at radius 2 is 2.06 bits per heavy atom. The molecular formula is C15H22FNO. The monoisotopic (exact) mass is 251 g/mol. The first kappa shape index (κ1) is 14.7. The van der Waals surface area contributed by atoms with Crippen LogP contribution in [0.2, 0.25) is 0 Å². The van der Waals surface area contributed by atoms with E-state index in [9.17, 15) is 9.18 Å². The molecule has 0 aliphatic carbocycles. The number of nitrogens with one attached hydrogen (secondary N) is 1. The van der Waals surface area contributed by atoms with Crippen molar-refractivity contribution in [3.63, 3.8) is 0 Å². The standard InChI is InChI=1S/C15H22FNO/c1-5-10(2)8-12(4)17-15(18)14-7-6-13(16)9-11(14)3/h6-7,9-10,12H,5,8H2,1-4H3,(H,17,18). The minimum absolute atomic E-state index is 0.122. The number of aryl methyl sites for hydroxylation is 1. The predicted molar refractivity (Wildman–Crippen MR) is 72.1 cm³/mol. The summed E-state index contributed by atoms with van der Waals surface area (Å²) in [6.45, 7) is 8.06. The molecule has 0 saturated carbocycles. The van der Waals surface area contributed by atoms with E-state index in [0.29, 0.717) is 17.0 Å². The molecule has 0 aliphatic rings. The van der Waals surface area contributed by atoms with Crippen LogP contribution in [0.3, 0.4) is 0 Å². The van der Waals surface area contributed by atoms with Crippen molar-refractivity contribution in [1.29, 1.82) is 0 Å². The van der Waals surface area contributed by atoms with Crippen LogP contribution in [0.5, 0.6) is 0 Å². The fourth-order valence-electron chi connectivity index (χ4n) is 2.01. The van der Waals surface area contributed by atoms with Gasteiger partial charge in [-0.3, -0.25) is 4.79 Å². The van der Waals surface area contributed by atoms with Crippen LogP contribution in [-0.4, -0.2) is 11.9 Å². The molecule has 0 aromatic heterocycles. The van der Waals surface area contributed by atoms with Crippen LogP contribution in [0, 0.1) is 18.7 Å². The lowest BCUT2D eigenvalue weighted by Gasteiger charge is -2.18. The van der Waals surface area contributed by atoms with E-state index in [1.54, 1.807) is 6.92 Å². The molecular weight excluding hydrogens is 229 g/mol. The third-order valence-electron chi connectivity index (χ3n) is 3.26. The maximum absolute atomic E-state index is 13.0. The van der Waals surface area contributed by atoms with E-state index in [1.807, 2.05) is 6.92 Å². The van der Waals surface area contributed by atoms with Crippen molar-refractivity contribution < 1.29 is 9.18 Å².